The van der Waals surface area contributed by atoms with E-state index in [1.807, 2.05) is 13.8 Å². The van der Waals surface area contributed by atoms with E-state index < -0.39 is 17.2 Å². The first-order chi connectivity index (χ1) is 10.5. The van der Waals surface area contributed by atoms with Crippen LogP contribution in [0.3, 0.4) is 0 Å². The fourth-order valence-corrected chi connectivity index (χ4v) is 2.60. The number of carboxylic acids is 1. The Hall–Kier alpha value is -2.38. The highest BCUT2D eigenvalue weighted by Crippen LogP contribution is 2.14. The highest BCUT2D eigenvalue weighted by molar-refractivity contribution is 5.71. The molecule has 0 saturated heterocycles. The van der Waals surface area contributed by atoms with E-state index in [-0.39, 0.29) is 6.42 Å². The maximum atomic E-state index is 12.1. The number of fused-ring (bicyclic) bond motifs is 1. The summed E-state index contributed by atoms with van der Waals surface area (Å²) in [6.45, 7) is 4.71. The summed E-state index contributed by atoms with van der Waals surface area (Å²) in [5.74, 6) is -0.110. The Balaban J connectivity index is 2.43. The summed E-state index contributed by atoms with van der Waals surface area (Å²) < 4.78 is 3.23. The number of rotatable bonds is 7. The van der Waals surface area contributed by atoms with Crippen LogP contribution in [-0.4, -0.2) is 30.2 Å². The second-order valence-electron chi connectivity index (χ2n) is 5.05. The van der Waals surface area contributed by atoms with E-state index in [0.29, 0.717) is 49.3 Å². The Morgan fingerprint density at radius 3 is 2.45 bits per heavy atom. The summed E-state index contributed by atoms with van der Waals surface area (Å²) in [7, 11) is 0. The van der Waals surface area contributed by atoms with Gasteiger partial charge in [0.25, 0.3) is 5.56 Å². The molecule has 0 bridgehead atoms. The van der Waals surface area contributed by atoms with E-state index in [1.54, 1.807) is 4.57 Å². The van der Waals surface area contributed by atoms with Crippen molar-refractivity contribution in [3.63, 3.8) is 0 Å². The third-order valence-corrected chi connectivity index (χ3v) is 3.64. The van der Waals surface area contributed by atoms with Crippen LogP contribution < -0.4 is 11.2 Å². The molecule has 0 aliphatic rings. The highest BCUT2D eigenvalue weighted by Gasteiger charge is 2.16. The monoisotopic (exact) mass is 308 g/mol. The molecule has 8 nitrogen and oxygen atoms in total. The lowest BCUT2D eigenvalue weighted by Crippen LogP contribution is -2.30. The number of carbonyl (C=O) groups is 1. The summed E-state index contributed by atoms with van der Waals surface area (Å²) >= 11 is 0. The quantitative estimate of drug-likeness (QED) is 0.732. The van der Waals surface area contributed by atoms with Crippen LogP contribution in [0.4, 0.5) is 0 Å². The maximum absolute atomic E-state index is 12.1. The number of unbranched alkanes of at least 4 members (excludes halogenated alkanes) is 1. The summed E-state index contributed by atoms with van der Waals surface area (Å²) in [6, 6.07) is 0. The average Bonchev–Trinajstić information content (AvgIpc) is 2.82. The number of nitrogens with one attached hydrogen (secondary N) is 1. The number of aromatic nitrogens is 4. The third-order valence-electron chi connectivity index (χ3n) is 3.64. The minimum absolute atomic E-state index is 0.118. The van der Waals surface area contributed by atoms with Gasteiger partial charge in [-0.05, 0) is 26.7 Å². The molecule has 2 N–H and O–H groups in total. The van der Waals surface area contributed by atoms with Crippen molar-refractivity contribution in [1.29, 1.82) is 0 Å². The fraction of sp³-hybridized carbons (Fsp3) is 0.571. The molecule has 0 atom stereocenters. The third kappa shape index (κ3) is 2.95. The molecule has 0 radical (unpaired) electrons. The number of aromatic amines is 1. The van der Waals surface area contributed by atoms with Crippen molar-refractivity contribution in [3.8, 4) is 0 Å². The lowest BCUT2D eigenvalue weighted by Gasteiger charge is -2.05. The van der Waals surface area contributed by atoms with Crippen molar-refractivity contribution >= 4 is 17.1 Å². The van der Waals surface area contributed by atoms with Crippen molar-refractivity contribution in [2.75, 3.05) is 0 Å². The molecule has 0 unspecified atom stereocenters. The van der Waals surface area contributed by atoms with Crippen LogP contribution in [0, 0.1) is 0 Å². The smallest absolute Gasteiger partial charge is 0.330 e. The number of nitrogens with zero attached hydrogens (tertiary/aromatic N) is 3. The van der Waals surface area contributed by atoms with Gasteiger partial charge in [-0.3, -0.25) is 19.1 Å². The van der Waals surface area contributed by atoms with Gasteiger partial charge >= 0.3 is 11.7 Å². The number of hydrogen-bond acceptors (Lipinski definition) is 4. The molecule has 0 aliphatic carbocycles. The van der Waals surface area contributed by atoms with Gasteiger partial charge in [0, 0.05) is 25.9 Å². The van der Waals surface area contributed by atoms with Crippen LogP contribution >= 0.6 is 0 Å². The predicted octanol–water partition coefficient (Wildman–Crippen LogP) is 0.723. The van der Waals surface area contributed by atoms with Gasteiger partial charge in [0.2, 0.25) is 0 Å². The Morgan fingerprint density at radius 2 is 1.86 bits per heavy atom. The molecule has 2 aromatic rings. The topological polar surface area (TPSA) is 110 Å². The zero-order valence-corrected chi connectivity index (χ0v) is 12.8. The molecular weight excluding hydrogens is 288 g/mol. The minimum Gasteiger partial charge on any atom is -0.481 e. The minimum atomic E-state index is -0.819. The van der Waals surface area contributed by atoms with Crippen molar-refractivity contribution in [1.82, 2.24) is 19.1 Å². The Morgan fingerprint density at radius 1 is 1.18 bits per heavy atom. The van der Waals surface area contributed by atoms with Crippen LogP contribution in [-0.2, 0) is 24.3 Å². The molecule has 22 heavy (non-hydrogen) atoms. The number of carboxylic acid groups (broad SMARTS) is 1. The number of imidazole rings is 1. The van der Waals surface area contributed by atoms with E-state index in [1.165, 1.54) is 4.57 Å². The summed E-state index contributed by atoms with van der Waals surface area (Å²) in [5, 5.41) is 8.66. The summed E-state index contributed by atoms with van der Waals surface area (Å²) in [5.41, 5.74) is -0.0995. The standard InChI is InChI=1S/C14H20N4O4/c1-3-17-9(7-5-6-8-10(19)20)15-12-11(17)13(21)16-14(22)18(12)4-2/h3-8H2,1-2H3,(H,19,20)(H,16,21,22). The zero-order chi connectivity index (χ0) is 16.3. The molecular formula is C14H20N4O4. The van der Waals surface area contributed by atoms with Gasteiger partial charge < -0.3 is 9.67 Å². The van der Waals surface area contributed by atoms with Crippen LogP contribution in [0.1, 0.15) is 38.9 Å². The Labute approximate surface area is 126 Å². The molecule has 2 rings (SSSR count). The molecule has 0 aromatic carbocycles. The van der Waals surface area contributed by atoms with E-state index in [2.05, 4.69) is 9.97 Å². The maximum Gasteiger partial charge on any atom is 0.330 e. The zero-order valence-electron chi connectivity index (χ0n) is 12.8. The van der Waals surface area contributed by atoms with E-state index in [4.69, 9.17) is 5.11 Å². The molecule has 0 amide bonds. The lowest BCUT2D eigenvalue weighted by atomic mass is 10.2. The lowest BCUT2D eigenvalue weighted by molar-refractivity contribution is -0.137. The molecule has 0 fully saturated rings. The van der Waals surface area contributed by atoms with Gasteiger partial charge in [-0.1, -0.05) is 0 Å². The van der Waals surface area contributed by atoms with E-state index >= 15 is 0 Å². The van der Waals surface area contributed by atoms with Crippen LogP contribution in [0.5, 0.6) is 0 Å². The number of aryl methyl sites for hydroxylation is 3. The van der Waals surface area contributed by atoms with Crippen molar-refractivity contribution in [2.45, 2.75) is 52.6 Å². The molecule has 0 spiro atoms. The van der Waals surface area contributed by atoms with Crippen LogP contribution in [0.15, 0.2) is 9.59 Å². The first-order valence-corrected chi connectivity index (χ1v) is 7.43. The van der Waals surface area contributed by atoms with Gasteiger partial charge in [0.15, 0.2) is 11.2 Å². The van der Waals surface area contributed by atoms with Crippen LogP contribution in [0.2, 0.25) is 0 Å². The van der Waals surface area contributed by atoms with Crippen LogP contribution in [0.25, 0.3) is 11.2 Å². The van der Waals surface area contributed by atoms with E-state index in [0.717, 1.165) is 0 Å². The molecule has 0 saturated carbocycles. The average molecular weight is 308 g/mol. The van der Waals surface area contributed by atoms with Crippen molar-refractivity contribution in [2.24, 2.45) is 0 Å². The molecule has 0 aliphatic heterocycles. The second-order valence-corrected chi connectivity index (χ2v) is 5.05. The molecule has 8 heteroatoms. The molecule has 120 valence electrons. The van der Waals surface area contributed by atoms with E-state index in [9.17, 15) is 14.4 Å². The normalized spacial score (nSPS) is 11.2. The first kappa shape index (κ1) is 16.0. The largest absolute Gasteiger partial charge is 0.481 e. The SMILES string of the molecule is CCn1c(CCCCC(=O)O)nc2c1c(=O)[nH]c(=O)n2CC. The van der Waals surface area contributed by atoms with Gasteiger partial charge in [0.05, 0.1) is 0 Å². The molecule has 2 heterocycles. The predicted molar refractivity (Wildman–Crippen MR) is 81.2 cm³/mol. The Kier molecular flexibility index (Phi) is 4.79. The number of hydrogen-bond donors (Lipinski definition) is 2. The summed E-state index contributed by atoms with van der Waals surface area (Å²) in [6.07, 6.45) is 1.92. The van der Waals surface area contributed by atoms with Gasteiger partial charge in [-0.15, -0.1) is 0 Å². The van der Waals surface area contributed by atoms with Gasteiger partial charge in [0.1, 0.15) is 5.82 Å². The Bertz CT molecular complexity index is 800. The summed E-state index contributed by atoms with van der Waals surface area (Å²) in [4.78, 5) is 41.2. The van der Waals surface area contributed by atoms with Gasteiger partial charge in [-0.2, -0.15) is 0 Å². The molecule has 2 aromatic heterocycles. The van der Waals surface area contributed by atoms with Gasteiger partial charge in [-0.25, -0.2) is 9.78 Å². The highest BCUT2D eigenvalue weighted by atomic mass is 16.4. The fourth-order valence-electron chi connectivity index (χ4n) is 2.60. The van der Waals surface area contributed by atoms with Crippen molar-refractivity contribution in [3.05, 3.63) is 26.7 Å². The number of H-pyrrole nitrogens is 1. The second kappa shape index (κ2) is 6.59. The first-order valence-electron chi connectivity index (χ1n) is 7.43. The van der Waals surface area contributed by atoms with Crippen molar-refractivity contribution < 1.29 is 9.90 Å². The number of aliphatic carboxylic acids is 1.